The van der Waals surface area contributed by atoms with Crippen molar-refractivity contribution in [3.05, 3.63) is 0 Å². The third kappa shape index (κ3) is 8.94. The summed E-state index contributed by atoms with van der Waals surface area (Å²) >= 11 is 0. The van der Waals surface area contributed by atoms with Gasteiger partial charge in [0, 0.05) is 6.61 Å². The lowest BCUT2D eigenvalue weighted by Gasteiger charge is -2.18. The molecule has 2 unspecified atom stereocenters. The smallest absolute Gasteiger partial charge is 0.435 e. The Labute approximate surface area is 103 Å². The van der Waals surface area contributed by atoms with Crippen LogP contribution in [0.1, 0.15) is 34.1 Å². The van der Waals surface area contributed by atoms with Crippen LogP contribution in [0.5, 0.6) is 0 Å². The first-order chi connectivity index (χ1) is 8.13. The SMILES string of the molecule is CCOC(=O)OCC(C)OCC(CC)OCC. The minimum Gasteiger partial charge on any atom is -0.435 e. The van der Waals surface area contributed by atoms with E-state index in [0.717, 1.165) is 6.42 Å². The molecule has 17 heavy (non-hydrogen) atoms. The topological polar surface area (TPSA) is 54.0 Å². The number of hydrogen-bond donors (Lipinski definition) is 0. The van der Waals surface area contributed by atoms with Gasteiger partial charge in [0.25, 0.3) is 0 Å². The average molecular weight is 248 g/mol. The van der Waals surface area contributed by atoms with E-state index >= 15 is 0 Å². The first-order valence-corrected chi connectivity index (χ1v) is 6.16. The molecule has 0 aromatic carbocycles. The Morgan fingerprint density at radius 2 is 1.71 bits per heavy atom. The van der Waals surface area contributed by atoms with Gasteiger partial charge >= 0.3 is 6.16 Å². The molecular formula is C12H24O5. The first kappa shape index (κ1) is 16.2. The normalized spacial score (nSPS) is 14.1. The van der Waals surface area contributed by atoms with Gasteiger partial charge in [-0.3, -0.25) is 0 Å². The third-order valence-corrected chi connectivity index (χ3v) is 2.12. The number of ether oxygens (including phenoxy) is 4. The summed E-state index contributed by atoms with van der Waals surface area (Å²) in [4.78, 5) is 10.9. The molecule has 0 rings (SSSR count). The summed E-state index contributed by atoms with van der Waals surface area (Å²) in [6, 6.07) is 0. The lowest BCUT2D eigenvalue weighted by molar-refractivity contribution is -0.0577. The van der Waals surface area contributed by atoms with Crippen LogP contribution in [0.25, 0.3) is 0 Å². The second-order valence-electron chi connectivity index (χ2n) is 3.62. The molecule has 0 saturated carbocycles. The highest BCUT2D eigenvalue weighted by Crippen LogP contribution is 2.02. The van der Waals surface area contributed by atoms with Gasteiger partial charge in [-0.25, -0.2) is 4.79 Å². The highest BCUT2D eigenvalue weighted by atomic mass is 16.7. The van der Waals surface area contributed by atoms with E-state index in [0.29, 0.717) is 19.8 Å². The molecule has 0 N–H and O–H groups in total. The minimum atomic E-state index is -0.653. The second-order valence-corrected chi connectivity index (χ2v) is 3.62. The molecule has 5 heteroatoms. The Kier molecular flexibility index (Phi) is 9.86. The van der Waals surface area contributed by atoms with Crippen molar-refractivity contribution in [2.24, 2.45) is 0 Å². The van der Waals surface area contributed by atoms with Gasteiger partial charge in [-0.2, -0.15) is 0 Å². The molecule has 2 atom stereocenters. The zero-order chi connectivity index (χ0) is 13.1. The summed E-state index contributed by atoms with van der Waals surface area (Å²) in [6.45, 7) is 9.28. The van der Waals surface area contributed by atoms with Crippen molar-refractivity contribution < 1.29 is 23.7 Å². The zero-order valence-corrected chi connectivity index (χ0v) is 11.2. The van der Waals surface area contributed by atoms with Crippen molar-refractivity contribution in [2.45, 2.75) is 46.3 Å². The van der Waals surface area contributed by atoms with E-state index in [1.54, 1.807) is 6.92 Å². The van der Waals surface area contributed by atoms with Crippen LogP contribution in [-0.4, -0.2) is 44.8 Å². The molecule has 0 aromatic rings. The molecule has 0 aliphatic rings. The van der Waals surface area contributed by atoms with Crippen LogP contribution in [0.3, 0.4) is 0 Å². The van der Waals surface area contributed by atoms with Gasteiger partial charge in [0.2, 0.25) is 0 Å². The number of hydrogen-bond acceptors (Lipinski definition) is 5. The van der Waals surface area contributed by atoms with Crippen molar-refractivity contribution in [1.82, 2.24) is 0 Å². The molecule has 5 nitrogen and oxygen atoms in total. The van der Waals surface area contributed by atoms with Crippen molar-refractivity contribution in [2.75, 3.05) is 26.4 Å². The van der Waals surface area contributed by atoms with Gasteiger partial charge in [-0.05, 0) is 27.2 Å². The Morgan fingerprint density at radius 1 is 1.00 bits per heavy atom. The molecule has 0 radical (unpaired) electrons. The molecule has 102 valence electrons. The van der Waals surface area contributed by atoms with Crippen LogP contribution in [0.15, 0.2) is 0 Å². The fourth-order valence-electron chi connectivity index (χ4n) is 1.18. The summed E-state index contributed by atoms with van der Waals surface area (Å²) in [5, 5.41) is 0. The van der Waals surface area contributed by atoms with Crippen molar-refractivity contribution >= 4 is 6.16 Å². The zero-order valence-electron chi connectivity index (χ0n) is 11.2. The fourth-order valence-corrected chi connectivity index (χ4v) is 1.18. The molecule has 0 bridgehead atoms. The predicted octanol–water partition coefficient (Wildman–Crippen LogP) is 2.38. The molecule has 0 amide bonds. The maximum atomic E-state index is 10.9. The summed E-state index contributed by atoms with van der Waals surface area (Å²) in [6.07, 6.45) is 0.193. The van der Waals surface area contributed by atoms with E-state index in [1.165, 1.54) is 0 Å². The van der Waals surface area contributed by atoms with E-state index in [4.69, 9.17) is 14.2 Å². The highest BCUT2D eigenvalue weighted by molar-refractivity contribution is 5.59. The molecule has 0 aliphatic carbocycles. The quantitative estimate of drug-likeness (QED) is 0.586. The summed E-state index contributed by atoms with van der Waals surface area (Å²) in [7, 11) is 0. The van der Waals surface area contributed by atoms with Crippen LogP contribution < -0.4 is 0 Å². The van der Waals surface area contributed by atoms with E-state index in [-0.39, 0.29) is 18.8 Å². The Balaban J connectivity index is 3.63. The summed E-state index contributed by atoms with van der Waals surface area (Å²) in [5.41, 5.74) is 0. The van der Waals surface area contributed by atoms with Crippen LogP contribution in [0.4, 0.5) is 4.79 Å². The standard InChI is InChI=1S/C12H24O5/c1-5-11(14-6-2)9-16-10(4)8-17-12(13)15-7-3/h10-11H,5-9H2,1-4H3. The van der Waals surface area contributed by atoms with E-state index in [1.807, 2.05) is 20.8 Å². The molecule has 0 saturated heterocycles. The minimum absolute atomic E-state index is 0.102. The monoisotopic (exact) mass is 248 g/mol. The second kappa shape index (κ2) is 10.4. The van der Waals surface area contributed by atoms with Gasteiger partial charge in [0.15, 0.2) is 0 Å². The fraction of sp³-hybridized carbons (Fsp3) is 0.917. The Bertz CT molecular complexity index is 195. The maximum Gasteiger partial charge on any atom is 0.508 e. The van der Waals surface area contributed by atoms with Crippen LogP contribution in [-0.2, 0) is 18.9 Å². The van der Waals surface area contributed by atoms with Gasteiger partial charge in [-0.15, -0.1) is 0 Å². The molecule has 0 spiro atoms. The maximum absolute atomic E-state index is 10.9. The van der Waals surface area contributed by atoms with E-state index in [2.05, 4.69) is 4.74 Å². The van der Waals surface area contributed by atoms with Gasteiger partial charge < -0.3 is 18.9 Å². The van der Waals surface area contributed by atoms with Gasteiger partial charge in [0.1, 0.15) is 6.61 Å². The van der Waals surface area contributed by atoms with E-state index in [9.17, 15) is 4.79 Å². The number of carbonyl (C=O) groups excluding carboxylic acids is 1. The highest BCUT2D eigenvalue weighted by Gasteiger charge is 2.11. The molecule has 0 aromatic heterocycles. The molecular weight excluding hydrogens is 224 g/mol. The molecule has 0 fully saturated rings. The Morgan fingerprint density at radius 3 is 2.24 bits per heavy atom. The third-order valence-electron chi connectivity index (χ3n) is 2.12. The van der Waals surface area contributed by atoms with Gasteiger partial charge in [-0.1, -0.05) is 6.92 Å². The van der Waals surface area contributed by atoms with Crippen molar-refractivity contribution in [3.63, 3.8) is 0 Å². The number of rotatable bonds is 9. The van der Waals surface area contributed by atoms with Crippen LogP contribution >= 0.6 is 0 Å². The van der Waals surface area contributed by atoms with Crippen molar-refractivity contribution in [1.29, 1.82) is 0 Å². The van der Waals surface area contributed by atoms with Crippen LogP contribution in [0.2, 0.25) is 0 Å². The van der Waals surface area contributed by atoms with E-state index < -0.39 is 6.16 Å². The predicted molar refractivity (Wildman–Crippen MR) is 64.1 cm³/mol. The summed E-state index contributed by atoms with van der Waals surface area (Å²) in [5.74, 6) is 0. The molecule has 0 aliphatic heterocycles. The van der Waals surface area contributed by atoms with Crippen LogP contribution in [0, 0.1) is 0 Å². The lowest BCUT2D eigenvalue weighted by atomic mass is 10.3. The van der Waals surface area contributed by atoms with Gasteiger partial charge in [0.05, 0.1) is 25.4 Å². The Hall–Kier alpha value is -0.810. The largest absolute Gasteiger partial charge is 0.508 e. The average Bonchev–Trinajstić information content (AvgIpc) is 2.32. The summed E-state index contributed by atoms with van der Waals surface area (Å²) < 4.78 is 20.4. The van der Waals surface area contributed by atoms with Crippen molar-refractivity contribution in [3.8, 4) is 0 Å². The number of carbonyl (C=O) groups is 1. The molecule has 0 heterocycles. The first-order valence-electron chi connectivity index (χ1n) is 6.16. The lowest BCUT2D eigenvalue weighted by Crippen LogP contribution is -2.26.